The molecule has 1 aliphatic heterocycles. The van der Waals surface area contributed by atoms with Crippen LogP contribution in [0.25, 0.3) is 0 Å². The van der Waals surface area contributed by atoms with Gasteiger partial charge in [-0.2, -0.15) is 12.6 Å². The predicted molar refractivity (Wildman–Crippen MR) is 272 cm³/mol. The Bertz CT molecular complexity index is 1900. The number of primary amides is 1. The molecule has 1 saturated heterocycles. The highest BCUT2D eigenvalue weighted by atomic mass is 32.1. The summed E-state index contributed by atoms with van der Waals surface area (Å²) in [6, 6.07) is -10.4. The maximum atomic E-state index is 14.1. The first-order chi connectivity index (χ1) is 33.4. The average Bonchev–Trinajstić information content (AvgIpc) is 3.76. The summed E-state index contributed by atoms with van der Waals surface area (Å²) in [5.74, 6) is -9.78. The minimum absolute atomic E-state index is 0.0344. The van der Waals surface area contributed by atoms with Gasteiger partial charge >= 0.3 is 5.97 Å². The summed E-state index contributed by atoms with van der Waals surface area (Å²) in [7, 11) is 0. The molecular weight excluding hydrogens is 955 g/mol. The normalized spacial score (nSPS) is 17.0. The van der Waals surface area contributed by atoms with Crippen LogP contribution in [0.1, 0.15) is 128 Å². The van der Waals surface area contributed by atoms with Gasteiger partial charge in [0.1, 0.15) is 48.3 Å². The van der Waals surface area contributed by atoms with Crippen LogP contribution in [0, 0.1) is 35.5 Å². The Labute approximate surface area is 429 Å². The number of carboxylic acids is 1. The van der Waals surface area contributed by atoms with Crippen LogP contribution in [-0.2, 0) is 52.7 Å². The minimum Gasteiger partial charge on any atom is -0.480 e. The van der Waals surface area contributed by atoms with Gasteiger partial charge in [-0.15, -0.1) is 0 Å². The molecule has 72 heavy (non-hydrogen) atoms. The predicted octanol–water partition coefficient (Wildman–Crippen LogP) is -0.799. The molecule has 1 rings (SSSR count). The van der Waals surface area contributed by atoms with Gasteiger partial charge in [-0.1, -0.05) is 83.1 Å². The van der Waals surface area contributed by atoms with E-state index in [0.717, 1.165) is 0 Å². The Morgan fingerprint density at radius 3 is 1.43 bits per heavy atom. The lowest BCUT2D eigenvalue weighted by Gasteiger charge is -2.33. The fourth-order valence-corrected chi connectivity index (χ4v) is 8.22. The number of likely N-dealkylation sites (tertiary alicyclic amines) is 1. The zero-order valence-corrected chi connectivity index (χ0v) is 45.1. The van der Waals surface area contributed by atoms with Crippen molar-refractivity contribution in [1.82, 2.24) is 47.4 Å². The van der Waals surface area contributed by atoms with Gasteiger partial charge in [0.05, 0.1) is 19.0 Å². The quantitative estimate of drug-likeness (QED) is 0.0379. The summed E-state index contributed by atoms with van der Waals surface area (Å²) < 4.78 is 0. The molecule has 1 heterocycles. The number of rotatable bonds is 31. The van der Waals surface area contributed by atoms with Gasteiger partial charge in [0.2, 0.25) is 59.1 Å². The third kappa shape index (κ3) is 22.5. The van der Waals surface area contributed by atoms with Crippen molar-refractivity contribution in [2.75, 3.05) is 18.8 Å². The highest BCUT2D eigenvalue weighted by Crippen LogP contribution is 2.22. The number of nitrogens with two attached hydrogens (primary N) is 2. The van der Waals surface area contributed by atoms with Crippen LogP contribution in [0.2, 0.25) is 0 Å². The Morgan fingerprint density at radius 1 is 0.556 bits per heavy atom. The van der Waals surface area contributed by atoms with Gasteiger partial charge in [-0.3, -0.25) is 47.9 Å². The summed E-state index contributed by atoms with van der Waals surface area (Å²) in [4.78, 5) is 146. The van der Waals surface area contributed by atoms with Crippen molar-refractivity contribution in [3.8, 4) is 0 Å². The van der Waals surface area contributed by atoms with Gasteiger partial charge < -0.3 is 64.0 Å². The highest BCUT2D eigenvalue weighted by Gasteiger charge is 2.41. The second kappa shape index (κ2) is 31.2. The number of amides is 10. The van der Waals surface area contributed by atoms with Crippen molar-refractivity contribution in [1.29, 1.82) is 0 Å². The molecule has 0 bridgehead atoms. The van der Waals surface area contributed by atoms with Crippen LogP contribution in [-0.4, -0.2) is 148 Å². The van der Waals surface area contributed by atoms with Crippen LogP contribution in [0.4, 0.5) is 0 Å². The van der Waals surface area contributed by atoms with Crippen LogP contribution in [0.3, 0.4) is 0 Å². The number of nitrogens with zero attached hydrogens (tertiary/aromatic N) is 1. The maximum absolute atomic E-state index is 14.1. The Morgan fingerprint density at radius 2 is 0.986 bits per heavy atom. The zero-order valence-electron chi connectivity index (χ0n) is 44.2. The monoisotopic (exact) mass is 1040 g/mol. The lowest BCUT2D eigenvalue weighted by molar-refractivity contribution is -0.143. The van der Waals surface area contributed by atoms with E-state index < -0.39 is 144 Å². The summed E-state index contributed by atoms with van der Waals surface area (Å²) in [5, 5.41) is 30.5. The molecule has 10 amide bonds. The molecule has 13 N–H and O–H groups in total. The molecule has 1 aliphatic rings. The maximum Gasteiger partial charge on any atom is 0.326 e. The van der Waals surface area contributed by atoms with Crippen LogP contribution < -0.4 is 54.0 Å². The SMILES string of the molecule is CC(C)C[C@H](NC(=O)[C@H](CC(C)C)NC(=O)[C@H](CC(C)C)NC(=O)CNC(=O)[C@H](CS)NC(=O)[C@H](CC(C)C)NC(=O)[C@@H]1CCCN1C(=O)[C@@H](NC(=O)[C@@H](NC(=O)[C@@H](N)CC(N)=O)C(C)C)C(C)C)C(=O)O. The van der Waals surface area contributed by atoms with Crippen molar-refractivity contribution in [2.24, 2.45) is 47.0 Å². The smallest absolute Gasteiger partial charge is 0.326 e. The average molecular weight is 1040 g/mol. The van der Waals surface area contributed by atoms with E-state index in [1.807, 2.05) is 55.4 Å². The van der Waals surface area contributed by atoms with E-state index in [1.54, 1.807) is 27.7 Å². The van der Waals surface area contributed by atoms with E-state index in [4.69, 9.17) is 11.5 Å². The number of nitrogens with one attached hydrogen (secondary N) is 8. The van der Waals surface area contributed by atoms with E-state index >= 15 is 0 Å². The zero-order chi connectivity index (χ0) is 55.3. The van der Waals surface area contributed by atoms with Gasteiger partial charge in [0.15, 0.2) is 0 Å². The molecule has 0 aromatic carbocycles. The number of carbonyl (C=O) groups excluding carboxylic acids is 10. The number of carboxylic acid groups (broad SMARTS) is 1. The van der Waals surface area contributed by atoms with E-state index in [0.29, 0.717) is 6.42 Å². The summed E-state index contributed by atoms with van der Waals surface area (Å²) in [6.45, 7) is 20.9. The molecule has 0 spiro atoms. The first-order valence-corrected chi connectivity index (χ1v) is 25.6. The van der Waals surface area contributed by atoms with E-state index in [2.05, 4.69) is 55.2 Å². The Hall–Kier alpha value is -5.52. The summed E-state index contributed by atoms with van der Waals surface area (Å²) in [5.41, 5.74) is 11.0. The molecule has 0 aliphatic carbocycles. The van der Waals surface area contributed by atoms with Crippen molar-refractivity contribution < 1.29 is 57.8 Å². The Kier molecular flexibility index (Phi) is 27.9. The largest absolute Gasteiger partial charge is 0.480 e. The minimum atomic E-state index is -1.29. The number of aliphatic carboxylic acids is 1. The van der Waals surface area contributed by atoms with Gasteiger partial charge in [0.25, 0.3) is 0 Å². The molecule has 0 unspecified atom stereocenters. The summed E-state index contributed by atoms with van der Waals surface area (Å²) >= 11 is 4.25. The molecule has 9 atom stereocenters. The number of carbonyl (C=O) groups is 11. The molecule has 24 heteroatoms. The first-order valence-electron chi connectivity index (χ1n) is 25.0. The molecule has 0 radical (unpaired) electrons. The molecule has 0 aromatic rings. The third-order valence-corrected chi connectivity index (χ3v) is 12.0. The van der Waals surface area contributed by atoms with Crippen LogP contribution >= 0.6 is 12.6 Å². The topological polar surface area (TPSA) is 360 Å². The van der Waals surface area contributed by atoms with Gasteiger partial charge in [0, 0.05) is 12.3 Å². The number of hydrogen-bond acceptors (Lipinski definition) is 13. The van der Waals surface area contributed by atoms with E-state index in [1.165, 1.54) is 4.90 Å². The standard InChI is InChI=1S/C48H85N11O12S/c1-23(2)16-30(42(64)53-31(17-24(3)4)43(65)55-33(48(70)71)19-26(7)8)52-37(61)21-51-41(63)34(22-72)56-44(66)32(18-25(5)6)54-45(67)35-14-13-15-59(35)47(69)39(28(11)12)58-46(68)38(27(9)10)57-40(62)29(49)20-36(50)60/h23-35,38-39,72H,13-22,49H2,1-12H3,(H2,50,60)(H,51,63)(H,52,61)(H,53,64)(H,54,67)(H,55,65)(H,56,66)(H,57,62)(H,58,68)(H,70,71)/t29-,30-,31-,32-,33-,34-,35-,38-,39-/m0/s1. The second-order valence-corrected chi connectivity index (χ2v) is 21.4. The van der Waals surface area contributed by atoms with Crippen molar-refractivity contribution in [2.45, 2.75) is 182 Å². The number of hydrogen-bond donors (Lipinski definition) is 12. The number of thiol groups is 1. The molecule has 23 nitrogen and oxygen atoms in total. The fraction of sp³-hybridized carbons (Fsp3) is 0.771. The molecular formula is C48H85N11O12S. The van der Waals surface area contributed by atoms with Gasteiger partial charge in [-0.25, -0.2) is 4.79 Å². The molecule has 410 valence electrons. The summed E-state index contributed by atoms with van der Waals surface area (Å²) in [6.07, 6.45) is 0.896. The lowest BCUT2D eigenvalue weighted by atomic mass is 9.98. The van der Waals surface area contributed by atoms with Crippen molar-refractivity contribution in [3.63, 3.8) is 0 Å². The second-order valence-electron chi connectivity index (χ2n) is 21.0. The Balaban J connectivity index is 3.13. The van der Waals surface area contributed by atoms with E-state index in [-0.39, 0.29) is 68.1 Å². The lowest BCUT2D eigenvalue weighted by Crippen LogP contribution is -2.61. The first kappa shape index (κ1) is 64.5. The van der Waals surface area contributed by atoms with Crippen LogP contribution in [0.5, 0.6) is 0 Å². The molecule has 0 saturated carbocycles. The van der Waals surface area contributed by atoms with Gasteiger partial charge in [-0.05, 0) is 74.0 Å². The van der Waals surface area contributed by atoms with E-state index in [9.17, 15) is 57.8 Å². The van der Waals surface area contributed by atoms with Crippen molar-refractivity contribution >= 4 is 77.7 Å². The van der Waals surface area contributed by atoms with Crippen LogP contribution in [0.15, 0.2) is 0 Å². The molecule has 1 fully saturated rings. The fourth-order valence-electron chi connectivity index (χ4n) is 7.96. The highest BCUT2D eigenvalue weighted by molar-refractivity contribution is 7.80. The van der Waals surface area contributed by atoms with Crippen molar-refractivity contribution in [3.05, 3.63) is 0 Å². The third-order valence-electron chi connectivity index (χ3n) is 11.7. The molecule has 0 aromatic heterocycles.